The molecule has 0 radical (unpaired) electrons. The van der Waals surface area contributed by atoms with E-state index in [1.807, 2.05) is 0 Å². The van der Waals surface area contributed by atoms with Crippen molar-refractivity contribution in [3.63, 3.8) is 0 Å². The van der Waals surface area contributed by atoms with Gasteiger partial charge in [0.15, 0.2) is 0 Å². The fraction of sp³-hybridized carbons (Fsp3) is 0.660. The standard InChI is InChI=1S/C47H74N2.Pd/c1-8-15-22-28-39-32-42(33-40(29-23-16-9-2)45(39)31-24-17-10-3)46-36-41(27-20-13-6)47(49(46)48)43-34-37(25-18-11-4)44(30-21-14-7)38(35-43)26-19-12-5;/h32-36H,8-31H2,1-7H3;. The zero-order valence-corrected chi connectivity index (χ0v) is 35.1. The van der Waals surface area contributed by atoms with Crippen LogP contribution in [-0.2, 0) is 58.9 Å². The fourth-order valence-corrected chi connectivity index (χ4v) is 7.81. The second-order valence-corrected chi connectivity index (χ2v) is 15.0. The summed E-state index contributed by atoms with van der Waals surface area (Å²) in [4.78, 5) is 0. The number of rotatable bonds is 26. The molecule has 1 aliphatic heterocycles. The second-order valence-electron chi connectivity index (χ2n) is 15.0. The Bertz CT molecular complexity index is 1300. The number of aryl methyl sites for hydroxylation is 4. The van der Waals surface area contributed by atoms with Crippen LogP contribution in [0.25, 0.3) is 16.9 Å². The third-order valence-corrected chi connectivity index (χ3v) is 10.8. The van der Waals surface area contributed by atoms with E-state index in [4.69, 9.17) is 0 Å². The Morgan fingerprint density at radius 2 is 0.760 bits per heavy atom. The average molecular weight is 774 g/mol. The molecule has 50 heavy (non-hydrogen) atoms. The molecule has 0 fully saturated rings. The van der Waals surface area contributed by atoms with E-state index in [0.29, 0.717) is 0 Å². The zero-order valence-electron chi connectivity index (χ0n) is 33.6. The van der Waals surface area contributed by atoms with Crippen LogP contribution in [0.5, 0.6) is 0 Å². The SMILES string of the molecule is CCCCCc1cc(C2=CC(CCCC)=C(c3cc(CCCC)c(CCCC)c(CCCC)c3)[N+]2=[N-])cc(CCCCC)c1CCCCC.[Pd]. The van der Waals surface area contributed by atoms with Crippen LogP contribution in [0.15, 0.2) is 35.9 Å². The largest absolute Gasteiger partial charge is 0.493 e. The molecule has 0 unspecified atom stereocenters. The van der Waals surface area contributed by atoms with E-state index >= 15 is 0 Å². The van der Waals surface area contributed by atoms with E-state index in [2.05, 4.69) is 78.8 Å². The van der Waals surface area contributed by atoms with Gasteiger partial charge in [-0.15, -0.1) is 0 Å². The van der Waals surface area contributed by atoms with Gasteiger partial charge in [0.25, 0.3) is 0 Å². The van der Waals surface area contributed by atoms with Crippen LogP contribution in [-0.4, -0.2) is 4.70 Å². The van der Waals surface area contributed by atoms with Gasteiger partial charge in [0, 0.05) is 43.2 Å². The van der Waals surface area contributed by atoms with Gasteiger partial charge in [-0.05, 0) is 148 Å². The minimum Gasteiger partial charge on any atom is -0.493 e. The molecule has 0 saturated carbocycles. The Balaban J connectivity index is 0.00000867. The van der Waals surface area contributed by atoms with Crippen LogP contribution in [0.3, 0.4) is 0 Å². The molecule has 3 heteroatoms. The van der Waals surface area contributed by atoms with Gasteiger partial charge in [0.05, 0.1) is 0 Å². The molecule has 0 spiro atoms. The summed E-state index contributed by atoms with van der Waals surface area (Å²) in [5.74, 6) is 0. The normalized spacial score (nSPS) is 12.9. The number of hydrogen-bond acceptors (Lipinski definition) is 0. The number of benzene rings is 2. The van der Waals surface area contributed by atoms with Gasteiger partial charge in [-0.3, -0.25) is 0 Å². The predicted octanol–water partition coefficient (Wildman–Crippen LogP) is 14.9. The molecule has 0 saturated heterocycles. The van der Waals surface area contributed by atoms with Crippen molar-refractivity contribution in [1.29, 1.82) is 0 Å². The van der Waals surface area contributed by atoms with Crippen molar-refractivity contribution >= 4 is 11.4 Å². The molecule has 0 N–H and O–H groups in total. The van der Waals surface area contributed by atoms with E-state index in [9.17, 15) is 5.53 Å². The van der Waals surface area contributed by atoms with Crippen LogP contribution < -0.4 is 0 Å². The number of unbranched alkanes of at least 4 members (excludes halogenated alkanes) is 10. The molecule has 1 heterocycles. The van der Waals surface area contributed by atoms with Crippen LogP contribution in [0.4, 0.5) is 0 Å². The third-order valence-electron chi connectivity index (χ3n) is 10.8. The first-order valence-electron chi connectivity index (χ1n) is 21.2. The van der Waals surface area contributed by atoms with Crippen LogP contribution in [0.2, 0.25) is 0 Å². The van der Waals surface area contributed by atoms with Gasteiger partial charge in [0.2, 0.25) is 11.4 Å². The molecule has 0 aliphatic carbocycles. The van der Waals surface area contributed by atoms with Crippen LogP contribution in [0, 0.1) is 0 Å². The number of nitrogens with zero attached hydrogens (tertiary/aromatic N) is 2. The summed E-state index contributed by atoms with van der Waals surface area (Å²) >= 11 is 0. The van der Waals surface area contributed by atoms with Crippen molar-refractivity contribution in [1.82, 2.24) is 0 Å². The van der Waals surface area contributed by atoms with Gasteiger partial charge in [-0.1, -0.05) is 113 Å². The molecule has 0 atom stereocenters. The smallest absolute Gasteiger partial charge is 0.210 e. The summed E-state index contributed by atoms with van der Waals surface area (Å²) in [5, 5.41) is 0. The molecule has 1 aliphatic rings. The summed E-state index contributed by atoms with van der Waals surface area (Å²) in [6, 6.07) is 9.90. The molecule has 0 amide bonds. The van der Waals surface area contributed by atoms with Crippen molar-refractivity contribution in [2.45, 2.75) is 203 Å². The zero-order chi connectivity index (χ0) is 35.4. The predicted molar refractivity (Wildman–Crippen MR) is 216 cm³/mol. The summed E-state index contributed by atoms with van der Waals surface area (Å²) in [5.41, 5.74) is 27.4. The molecule has 282 valence electrons. The Kier molecular flexibility index (Phi) is 22.4. The Morgan fingerprint density at radius 3 is 1.20 bits per heavy atom. The summed E-state index contributed by atoms with van der Waals surface area (Å²) in [6.07, 6.45) is 31.3. The maximum Gasteiger partial charge on any atom is 0.210 e. The summed E-state index contributed by atoms with van der Waals surface area (Å²) < 4.78 is 1.61. The van der Waals surface area contributed by atoms with Crippen molar-refractivity contribution < 1.29 is 25.1 Å². The number of hydrogen-bond donors (Lipinski definition) is 0. The first-order chi connectivity index (χ1) is 24.0. The van der Waals surface area contributed by atoms with Gasteiger partial charge in [-0.2, -0.15) is 0 Å². The molecule has 0 aromatic heterocycles. The van der Waals surface area contributed by atoms with E-state index in [-0.39, 0.29) is 20.4 Å². The monoisotopic (exact) mass is 772 g/mol. The topological polar surface area (TPSA) is 25.3 Å². The van der Waals surface area contributed by atoms with Crippen molar-refractivity contribution in [2.75, 3.05) is 0 Å². The average Bonchev–Trinajstić information content (AvgIpc) is 3.44. The number of allylic oxidation sites excluding steroid dienone is 2. The molecular weight excluding hydrogens is 699 g/mol. The first kappa shape index (κ1) is 44.3. The second kappa shape index (κ2) is 25.2. The van der Waals surface area contributed by atoms with Crippen molar-refractivity contribution in [3.8, 4) is 0 Å². The first-order valence-corrected chi connectivity index (χ1v) is 21.2. The van der Waals surface area contributed by atoms with Crippen LogP contribution >= 0.6 is 0 Å². The van der Waals surface area contributed by atoms with E-state index in [0.717, 1.165) is 56.3 Å². The quantitative estimate of drug-likeness (QED) is 0.0517. The maximum absolute atomic E-state index is 12.3. The molecule has 2 nitrogen and oxygen atoms in total. The fourth-order valence-electron chi connectivity index (χ4n) is 7.81. The molecule has 0 bridgehead atoms. The molecule has 2 aromatic rings. The summed E-state index contributed by atoms with van der Waals surface area (Å²) in [7, 11) is 0. The van der Waals surface area contributed by atoms with Crippen molar-refractivity contribution in [3.05, 3.63) is 86.0 Å². The minimum absolute atomic E-state index is 0. The van der Waals surface area contributed by atoms with Gasteiger partial charge >= 0.3 is 0 Å². The van der Waals surface area contributed by atoms with E-state index in [1.54, 1.807) is 15.8 Å². The van der Waals surface area contributed by atoms with E-state index < -0.39 is 0 Å². The minimum atomic E-state index is 0. The Morgan fingerprint density at radius 1 is 0.420 bits per heavy atom. The Hall–Kier alpha value is -1.82. The summed E-state index contributed by atoms with van der Waals surface area (Å²) in [6.45, 7) is 16.2. The van der Waals surface area contributed by atoms with Gasteiger partial charge < -0.3 is 5.53 Å². The maximum atomic E-state index is 12.3. The van der Waals surface area contributed by atoms with E-state index in [1.165, 1.54) is 148 Å². The third kappa shape index (κ3) is 13.0. The van der Waals surface area contributed by atoms with Gasteiger partial charge in [0.1, 0.15) is 0 Å². The molecule has 3 rings (SSSR count). The Labute approximate surface area is 323 Å². The van der Waals surface area contributed by atoms with Crippen molar-refractivity contribution in [2.24, 2.45) is 0 Å². The molecular formula is C47H74N2Pd. The van der Waals surface area contributed by atoms with Crippen LogP contribution in [0.1, 0.15) is 209 Å². The van der Waals surface area contributed by atoms with Gasteiger partial charge in [-0.25, -0.2) is 4.70 Å². The molecule has 2 aromatic carbocycles.